The predicted molar refractivity (Wildman–Crippen MR) is 89.7 cm³/mol. The number of rotatable bonds is 8. The van der Waals surface area contributed by atoms with Crippen molar-refractivity contribution in [3.8, 4) is 0 Å². The zero-order chi connectivity index (χ0) is 14.1. The molecule has 0 unspecified atom stereocenters. The van der Waals surface area contributed by atoms with Crippen molar-refractivity contribution in [2.75, 3.05) is 11.5 Å². The first-order valence-corrected chi connectivity index (χ1v) is 8.69. The minimum atomic E-state index is 0.227. The molecule has 0 heterocycles. The van der Waals surface area contributed by atoms with Crippen LogP contribution in [0.4, 0.5) is 0 Å². The summed E-state index contributed by atoms with van der Waals surface area (Å²) < 4.78 is 0. The molecular weight excluding hydrogens is 272 g/mol. The summed E-state index contributed by atoms with van der Waals surface area (Å²) in [6.45, 7) is 7.60. The Bertz CT molecular complexity index is 409. The van der Waals surface area contributed by atoms with Crippen LogP contribution < -0.4 is 0 Å². The van der Waals surface area contributed by atoms with Crippen molar-refractivity contribution in [1.29, 1.82) is 0 Å². The Morgan fingerprint density at radius 3 is 2.32 bits per heavy atom. The zero-order valence-corrected chi connectivity index (χ0v) is 13.4. The lowest BCUT2D eigenvalue weighted by Gasteiger charge is -2.04. The maximum atomic E-state index is 10.7. The highest BCUT2D eigenvalue weighted by Gasteiger charge is 1.97. The predicted octanol–water partition coefficient (Wildman–Crippen LogP) is 5.01. The van der Waals surface area contributed by atoms with Gasteiger partial charge in [-0.05, 0) is 36.6 Å². The molecule has 0 N–H and O–H groups in total. The molecule has 0 aromatic heterocycles. The van der Waals surface area contributed by atoms with Crippen molar-refractivity contribution in [3.05, 3.63) is 42.0 Å². The van der Waals surface area contributed by atoms with Gasteiger partial charge in [0, 0.05) is 18.4 Å². The quantitative estimate of drug-likeness (QED) is 0.627. The molecule has 0 bridgehead atoms. The molecule has 0 saturated heterocycles. The van der Waals surface area contributed by atoms with Crippen LogP contribution in [0.15, 0.2) is 30.8 Å². The number of allylic oxidation sites excluding steroid dienone is 1. The first kappa shape index (κ1) is 16.4. The van der Waals surface area contributed by atoms with Crippen molar-refractivity contribution < 1.29 is 4.79 Å². The number of benzene rings is 1. The fraction of sp³-hybridized carbons (Fsp3) is 0.438. The Kier molecular flexibility index (Phi) is 7.99. The second-order valence-corrected chi connectivity index (χ2v) is 6.95. The van der Waals surface area contributed by atoms with Crippen LogP contribution in [0.3, 0.4) is 0 Å². The second-order valence-electron chi connectivity index (χ2n) is 4.58. The minimum Gasteiger partial charge on any atom is -0.288 e. The van der Waals surface area contributed by atoms with Gasteiger partial charge < -0.3 is 0 Å². The van der Waals surface area contributed by atoms with Gasteiger partial charge in [-0.25, -0.2) is 0 Å². The summed E-state index contributed by atoms with van der Waals surface area (Å²) in [6.07, 6.45) is 2.32. The van der Waals surface area contributed by atoms with Gasteiger partial charge in [0.1, 0.15) is 0 Å². The molecule has 0 amide bonds. The van der Waals surface area contributed by atoms with Crippen LogP contribution in [0.2, 0.25) is 0 Å². The standard InChI is InChI=1S/C16H22OS2/c1-13(2)16-8-6-15(7-9-16)12-18-10-4-5-11-19-14(3)17/h6-9H,1,4-5,10-12H2,2-3H3. The molecule has 1 nitrogen and oxygen atoms in total. The SMILES string of the molecule is C=C(C)c1ccc(CSCCCCSC(C)=O)cc1. The Balaban J connectivity index is 2.12. The molecule has 0 fully saturated rings. The molecule has 0 aliphatic rings. The van der Waals surface area contributed by atoms with Crippen LogP contribution in [0.5, 0.6) is 0 Å². The van der Waals surface area contributed by atoms with Gasteiger partial charge in [0.2, 0.25) is 0 Å². The number of hydrogen-bond donors (Lipinski definition) is 0. The van der Waals surface area contributed by atoms with E-state index in [4.69, 9.17) is 0 Å². The summed E-state index contributed by atoms with van der Waals surface area (Å²) in [5, 5.41) is 0.227. The molecule has 1 aromatic carbocycles. The zero-order valence-electron chi connectivity index (χ0n) is 11.8. The highest BCUT2D eigenvalue weighted by Crippen LogP contribution is 2.18. The molecule has 0 radical (unpaired) electrons. The number of carbonyl (C=O) groups excluding carboxylic acids is 1. The molecule has 19 heavy (non-hydrogen) atoms. The van der Waals surface area contributed by atoms with E-state index in [1.165, 1.54) is 35.1 Å². The van der Waals surface area contributed by atoms with Crippen molar-refractivity contribution in [2.24, 2.45) is 0 Å². The van der Waals surface area contributed by atoms with E-state index in [0.717, 1.165) is 23.5 Å². The first-order valence-electron chi connectivity index (χ1n) is 6.55. The summed E-state index contributed by atoms with van der Waals surface area (Å²) in [5.41, 5.74) is 3.70. The number of carbonyl (C=O) groups is 1. The smallest absolute Gasteiger partial charge is 0.185 e. The lowest BCUT2D eigenvalue weighted by molar-refractivity contribution is -0.109. The van der Waals surface area contributed by atoms with Crippen LogP contribution >= 0.6 is 23.5 Å². The number of unbranched alkanes of at least 4 members (excludes halogenated alkanes) is 1. The van der Waals surface area contributed by atoms with Crippen LogP contribution in [-0.2, 0) is 10.5 Å². The Morgan fingerprint density at radius 2 is 1.74 bits per heavy atom. The van der Waals surface area contributed by atoms with E-state index in [-0.39, 0.29) is 5.12 Å². The van der Waals surface area contributed by atoms with Crippen LogP contribution in [0.25, 0.3) is 5.57 Å². The summed E-state index contributed by atoms with van der Waals surface area (Å²) in [7, 11) is 0. The van der Waals surface area contributed by atoms with E-state index in [1.807, 2.05) is 18.7 Å². The molecule has 1 rings (SSSR count). The Hall–Kier alpha value is -0.670. The minimum absolute atomic E-state index is 0.227. The van der Waals surface area contributed by atoms with Gasteiger partial charge in [-0.1, -0.05) is 48.2 Å². The average molecular weight is 294 g/mol. The third kappa shape index (κ3) is 7.48. The van der Waals surface area contributed by atoms with E-state index in [9.17, 15) is 4.79 Å². The van der Waals surface area contributed by atoms with E-state index in [0.29, 0.717) is 0 Å². The fourth-order valence-corrected chi connectivity index (χ4v) is 3.21. The maximum absolute atomic E-state index is 10.7. The van der Waals surface area contributed by atoms with Gasteiger partial charge >= 0.3 is 0 Å². The molecule has 3 heteroatoms. The lowest BCUT2D eigenvalue weighted by atomic mass is 10.1. The molecule has 104 valence electrons. The molecule has 0 atom stereocenters. The molecule has 1 aromatic rings. The summed E-state index contributed by atoms with van der Waals surface area (Å²) in [6, 6.07) is 8.65. The van der Waals surface area contributed by atoms with E-state index in [1.54, 1.807) is 6.92 Å². The number of thioether (sulfide) groups is 2. The molecular formula is C16H22OS2. The topological polar surface area (TPSA) is 17.1 Å². The van der Waals surface area contributed by atoms with Gasteiger partial charge in [0.15, 0.2) is 5.12 Å². The Labute approximate surface area is 125 Å². The third-order valence-corrected chi connectivity index (χ3v) is 4.72. The van der Waals surface area contributed by atoms with Gasteiger partial charge in [-0.2, -0.15) is 11.8 Å². The van der Waals surface area contributed by atoms with E-state index < -0.39 is 0 Å². The summed E-state index contributed by atoms with van der Waals surface area (Å²) >= 11 is 3.40. The molecule has 0 saturated carbocycles. The maximum Gasteiger partial charge on any atom is 0.185 e. The molecule has 0 aliphatic heterocycles. The highest BCUT2D eigenvalue weighted by atomic mass is 32.2. The van der Waals surface area contributed by atoms with Crippen molar-refractivity contribution in [2.45, 2.75) is 32.4 Å². The van der Waals surface area contributed by atoms with Gasteiger partial charge in [0.25, 0.3) is 0 Å². The van der Waals surface area contributed by atoms with Crippen molar-refractivity contribution in [1.82, 2.24) is 0 Å². The van der Waals surface area contributed by atoms with E-state index in [2.05, 4.69) is 30.8 Å². The normalized spacial score (nSPS) is 10.4. The van der Waals surface area contributed by atoms with Crippen LogP contribution in [0.1, 0.15) is 37.8 Å². The largest absolute Gasteiger partial charge is 0.288 e. The second kappa shape index (κ2) is 9.27. The lowest BCUT2D eigenvalue weighted by Crippen LogP contribution is -1.89. The summed E-state index contributed by atoms with van der Waals surface area (Å²) in [5.74, 6) is 3.19. The van der Waals surface area contributed by atoms with E-state index >= 15 is 0 Å². The summed E-state index contributed by atoms with van der Waals surface area (Å²) in [4.78, 5) is 10.7. The molecule has 0 spiro atoms. The highest BCUT2D eigenvalue weighted by molar-refractivity contribution is 8.13. The third-order valence-electron chi connectivity index (χ3n) is 2.70. The van der Waals surface area contributed by atoms with Gasteiger partial charge in [-0.15, -0.1) is 0 Å². The van der Waals surface area contributed by atoms with Crippen molar-refractivity contribution in [3.63, 3.8) is 0 Å². The monoisotopic (exact) mass is 294 g/mol. The average Bonchev–Trinajstić information content (AvgIpc) is 2.38. The van der Waals surface area contributed by atoms with Crippen LogP contribution in [0, 0.1) is 0 Å². The van der Waals surface area contributed by atoms with Gasteiger partial charge in [-0.3, -0.25) is 4.79 Å². The fourth-order valence-electron chi connectivity index (χ4n) is 1.60. The first-order chi connectivity index (χ1) is 9.09. The molecule has 0 aliphatic carbocycles. The van der Waals surface area contributed by atoms with Crippen molar-refractivity contribution >= 4 is 34.2 Å². The van der Waals surface area contributed by atoms with Crippen LogP contribution in [-0.4, -0.2) is 16.6 Å². The Morgan fingerprint density at radius 1 is 1.11 bits per heavy atom. The van der Waals surface area contributed by atoms with Gasteiger partial charge in [0.05, 0.1) is 0 Å². The number of hydrogen-bond acceptors (Lipinski definition) is 3.